The maximum atomic E-state index is 2.45. The fourth-order valence-electron chi connectivity index (χ4n) is 7.18. The lowest BCUT2D eigenvalue weighted by molar-refractivity contribution is 1.04. The molecule has 0 amide bonds. The Morgan fingerprint density at radius 2 is 0.955 bits per heavy atom. The van der Waals surface area contributed by atoms with Gasteiger partial charge in [-0.3, -0.25) is 0 Å². The fraction of sp³-hybridized carbons (Fsp3) is 0.0476. The zero-order valence-electron chi connectivity index (χ0n) is 24.3. The number of para-hydroxylation sites is 2. The van der Waals surface area contributed by atoms with E-state index in [1.54, 1.807) is 0 Å². The SMILES string of the molecule is C1=CC(c2cccc(-n3c4ccccc4c4c5c6ccccc6n(-c6cccc(-c7ccccc7)c6)c5ccc43)c2)=CCC1. The third kappa shape index (κ3) is 3.81. The summed E-state index contributed by atoms with van der Waals surface area (Å²) in [7, 11) is 0. The van der Waals surface area contributed by atoms with E-state index >= 15 is 0 Å². The van der Waals surface area contributed by atoms with E-state index in [-0.39, 0.29) is 0 Å². The van der Waals surface area contributed by atoms with E-state index in [1.807, 2.05) is 0 Å². The van der Waals surface area contributed by atoms with Crippen LogP contribution in [0.2, 0.25) is 0 Å². The Hall–Kier alpha value is -5.60. The van der Waals surface area contributed by atoms with Crippen LogP contribution in [-0.2, 0) is 0 Å². The molecule has 44 heavy (non-hydrogen) atoms. The summed E-state index contributed by atoms with van der Waals surface area (Å²) in [6.45, 7) is 0. The van der Waals surface area contributed by atoms with Crippen LogP contribution in [0.3, 0.4) is 0 Å². The number of nitrogens with zero attached hydrogens (tertiary/aromatic N) is 2. The average Bonchev–Trinajstić information content (AvgIpc) is 3.62. The number of hydrogen-bond acceptors (Lipinski definition) is 0. The Labute approximate surface area is 256 Å². The molecule has 0 atom stereocenters. The predicted octanol–water partition coefficient (Wildman–Crippen LogP) is 11.3. The van der Waals surface area contributed by atoms with Gasteiger partial charge in [-0.25, -0.2) is 0 Å². The molecule has 0 aliphatic heterocycles. The van der Waals surface area contributed by atoms with Crippen LogP contribution in [0.25, 0.3) is 71.7 Å². The molecule has 0 spiro atoms. The summed E-state index contributed by atoms with van der Waals surface area (Å²) in [5, 5.41) is 5.14. The Morgan fingerprint density at radius 1 is 0.409 bits per heavy atom. The lowest BCUT2D eigenvalue weighted by atomic mass is 9.99. The van der Waals surface area contributed by atoms with Crippen LogP contribution >= 0.6 is 0 Å². The monoisotopic (exact) mass is 562 g/mol. The smallest absolute Gasteiger partial charge is 0.0548 e. The first-order valence-corrected chi connectivity index (χ1v) is 15.4. The summed E-state index contributed by atoms with van der Waals surface area (Å²) in [6, 6.07) is 50.9. The Bertz CT molecular complexity index is 2430. The first-order chi connectivity index (χ1) is 21.8. The van der Waals surface area contributed by atoms with E-state index in [0.29, 0.717) is 0 Å². The lowest BCUT2D eigenvalue weighted by Crippen LogP contribution is -1.96. The molecule has 2 nitrogen and oxygen atoms in total. The van der Waals surface area contributed by atoms with Crippen LogP contribution in [0.5, 0.6) is 0 Å². The van der Waals surface area contributed by atoms with Gasteiger partial charge in [0.05, 0.1) is 22.1 Å². The van der Waals surface area contributed by atoms with Crippen LogP contribution in [0.1, 0.15) is 18.4 Å². The van der Waals surface area contributed by atoms with Gasteiger partial charge in [0.25, 0.3) is 0 Å². The van der Waals surface area contributed by atoms with Gasteiger partial charge in [-0.15, -0.1) is 0 Å². The molecule has 0 saturated carbocycles. The van der Waals surface area contributed by atoms with Gasteiger partial charge in [-0.05, 0) is 83.6 Å². The van der Waals surface area contributed by atoms with Crippen molar-refractivity contribution in [3.05, 3.63) is 163 Å². The van der Waals surface area contributed by atoms with Gasteiger partial charge >= 0.3 is 0 Å². The summed E-state index contributed by atoms with van der Waals surface area (Å²) in [6.07, 6.45) is 9.12. The largest absolute Gasteiger partial charge is 0.309 e. The van der Waals surface area contributed by atoms with Crippen molar-refractivity contribution in [1.29, 1.82) is 0 Å². The molecule has 2 heterocycles. The van der Waals surface area contributed by atoms with Gasteiger partial charge in [0.1, 0.15) is 0 Å². The highest BCUT2D eigenvalue weighted by atomic mass is 15.0. The first kappa shape index (κ1) is 24.9. The van der Waals surface area contributed by atoms with Crippen LogP contribution in [-0.4, -0.2) is 9.13 Å². The van der Waals surface area contributed by atoms with Crippen molar-refractivity contribution in [2.75, 3.05) is 0 Å². The second-order valence-electron chi connectivity index (χ2n) is 11.7. The third-order valence-electron chi connectivity index (χ3n) is 9.12. The molecule has 208 valence electrons. The van der Waals surface area contributed by atoms with Crippen LogP contribution in [0, 0.1) is 0 Å². The maximum absolute atomic E-state index is 2.45. The second-order valence-corrected chi connectivity index (χ2v) is 11.7. The normalized spacial score (nSPS) is 13.3. The van der Waals surface area contributed by atoms with Gasteiger partial charge in [-0.1, -0.05) is 109 Å². The third-order valence-corrected chi connectivity index (χ3v) is 9.12. The molecule has 0 radical (unpaired) electrons. The molecule has 0 fully saturated rings. The van der Waals surface area contributed by atoms with E-state index in [0.717, 1.165) is 12.8 Å². The molecular formula is C42H30N2. The predicted molar refractivity (Wildman–Crippen MR) is 187 cm³/mol. The molecule has 0 bridgehead atoms. The minimum absolute atomic E-state index is 1.10. The van der Waals surface area contributed by atoms with Gasteiger partial charge in [0, 0.05) is 32.9 Å². The number of allylic oxidation sites excluding steroid dienone is 4. The molecule has 0 unspecified atom stereocenters. The van der Waals surface area contributed by atoms with Gasteiger partial charge in [-0.2, -0.15) is 0 Å². The summed E-state index contributed by atoms with van der Waals surface area (Å²) in [5.74, 6) is 0. The van der Waals surface area contributed by atoms with Gasteiger partial charge < -0.3 is 9.13 Å². The zero-order chi connectivity index (χ0) is 29.0. The molecule has 9 rings (SSSR count). The zero-order valence-corrected chi connectivity index (χ0v) is 24.3. The average molecular weight is 563 g/mol. The first-order valence-electron chi connectivity index (χ1n) is 15.4. The van der Waals surface area contributed by atoms with Gasteiger partial charge in [0.2, 0.25) is 0 Å². The van der Waals surface area contributed by atoms with E-state index in [9.17, 15) is 0 Å². The topological polar surface area (TPSA) is 9.86 Å². The van der Waals surface area contributed by atoms with E-state index in [4.69, 9.17) is 0 Å². The molecule has 0 saturated heterocycles. The summed E-state index contributed by atoms with van der Waals surface area (Å²) in [5.41, 5.74) is 12.3. The van der Waals surface area contributed by atoms with Crippen molar-refractivity contribution < 1.29 is 0 Å². The van der Waals surface area contributed by atoms with Gasteiger partial charge in [0.15, 0.2) is 0 Å². The molecule has 2 aromatic heterocycles. The van der Waals surface area contributed by atoms with Crippen molar-refractivity contribution in [3.8, 4) is 22.5 Å². The van der Waals surface area contributed by atoms with Crippen molar-refractivity contribution in [1.82, 2.24) is 9.13 Å². The van der Waals surface area contributed by atoms with Crippen LogP contribution < -0.4 is 0 Å². The number of benzene rings is 6. The maximum Gasteiger partial charge on any atom is 0.0548 e. The minimum Gasteiger partial charge on any atom is -0.309 e. The molecule has 1 aliphatic carbocycles. The fourth-order valence-corrected chi connectivity index (χ4v) is 7.18. The van der Waals surface area contributed by atoms with Crippen LogP contribution in [0.15, 0.2) is 158 Å². The minimum atomic E-state index is 1.10. The molecule has 6 aromatic carbocycles. The number of fused-ring (bicyclic) bond motifs is 7. The Kier molecular flexibility index (Phi) is 5.67. The highest BCUT2D eigenvalue weighted by Gasteiger charge is 2.20. The highest BCUT2D eigenvalue weighted by molar-refractivity contribution is 6.28. The quantitative estimate of drug-likeness (QED) is 0.202. The Morgan fingerprint density at radius 3 is 1.57 bits per heavy atom. The van der Waals surface area contributed by atoms with E-state index < -0.39 is 0 Å². The summed E-state index contributed by atoms with van der Waals surface area (Å²) >= 11 is 0. The lowest BCUT2D eigenvalue weighted by Gasteiger charge is -2.12. The van der Waals surface area contributed by atoms with Crippen LogP contribution in [0.4, 0.5) is 0 Å². The van der Waals surface area contributed by atoms with E-state index in [2.05, 4.69) is 167 Å². The highest BCUT2D eigenvalue weighted by Crippen LogP contribution is 2.42. The summed E-state index contributed by atoms with van der Waals surface area (Å²) < 4.78 is 4.88. The van der Waals surface area contributed by atoms with Crippen molar-refractivity contribution in [2.24, 2.45) is 0 Å². The van der Waals surface area contributed by atoms with Crippen molar-refractivity contribution in [3.63, 3.8) is 0 Å². The number of aromatic nitrogens is 2. The second kappa shape index (κ2) is 10.00. The standard InChI is InChI=1S/C42H30N2/c1-3-13-29(14-4-1)31-17-11-19-33(27-31)43-37-23-9-7-21-35(37)41-39(43)25-26-40-42(41)36-22-8-10-24-38(36)44(40)34-20-12-18-32(28-34)30-15-5-2-6-16-30/h1,3-5,7-28H,2,6H2. The van der Waals surface area contributed by atoms with Crippen molar-refractivity contribution >= 4 is 49.2 Å². The Balaban J connectivity index is 1.34. The summed E-state index contributed by atoms with van der Waals surface area (Å²) in [4.78, 5) is 0. The molecular weight excluding hydrogens is 532 g/mol. The molecule has 2 heteroatoms. The number of rotatable bonds is 4. The number of hydrogen-bond donors (Lipinski definition) is 0. The van der Waals surface area contributed by atoms with E-state index in [1.165, 1.54) is 77.2 Å². The van der Waals surface area contributed by atoms with Crippen molar-refractivity contribution in [2.45, 2.75) is 12.8 Å². The molecule has 1 aliphatic rings. The molecule has 8 aromatic rings. The molecule has 0 N–H and O–H groups in total.